The van der Waals surface area contributed by atoms with Crippen LogP contribution >= 0.6 is 11.8 Å². The number of thioether (sulfide) groups is 1. The number of benzene rings is 2. The molecular formula is C16H15N5O2S. The molecular weight excluding hydrogens is 326 g/mol. The van der Waals surface area contributed by atoms with Crippen molar-refractivity contribution in [3.05, 3.63) is 54.1 Å². The summed E-state index contributed by atoms with van der Waals surface area (Å²) in [5.41, 5.74) is 2.01. The first kappa shape index (κ1) is 16.0. The van der Waals surface area contributed by atoms with Gasteiger partial charge in [-0.05, 0) is 53.1 Å². The minimum atomic E-state index is -0.198. The summed E-state index contributed by atoms with van der Waals surface area (Å²) in [6.07, 6.45) is 1.90. The van der Waals surface area contributed by atoms with Crippen molar-refractivity contribution in [3.8, 4) is 11.4 Å². The van der Waals surface area contributed by atoms with E-state index in [1.165, 1.54) is 11.8 Å². The zero-order valence-electron chi connectivity index (χ0n) is 13.1. The molecule has 0 unspecified atom stereocenters. The van der Waals surface area contributed by atoms with Crippen LogP contribution in [0.15, 0.2) is 53.7 Å². The maximum absolute atomic E-state index is 12.3. The van der Waals surface area contributed by atoms with Gasteiger partial charge in [-0.2, -0.15) is 4.68 Å². The monoisotopic (exact) mass is 341 g/mol. The Morgan fingerprint density at radius 1 is 1.21 bits per heavy atom. The van der Waals surface area contributed by atoms with E-state index < -0.39 is 0 Å². The maximum Gasteiger partial charge on any atom is 0.255 e. The van der Waals surface area contributed by atoms with Crippen LogP contribution in [0.4, 0.5) is 5.69 Å². The van der Waals surface area contributed by atoms with Gasteiger partial charge in [0.05, 0.1) is 12.8 Å². The molecule has 24 heavy (non-hydrogen) atoms. The van der Waals surface area contributed by atoms with Crippen molar-refractivity contribution >= 4 is 23.4 Å². The Bertz CT molecular complexity index is 848. The lowest BCUT2D eigenvalue weighted by atomic mass is 10.2. The smallest absolute Gasteiger partial charge is 0.255 e. The number of aromatic nitrogens is 4. The number of carbonyl (C=O) groups excluding carboxylic acids is 1. The van der Waals surface area contributed by atoms with E-state index in [2.05, 4.69) is 20.8 Å². The first-order chi connectivity index (χ1) is 11.7. The Balaban J connectivity index is 1.76. The lowest BCUT2D eigenvalue weighted by molar-refractivity contribution is 0.102. The van der Waals surface area contributed by atoms with Gasteiger partial charge in [-0.1, -0.05) is 17.8 Å². The van der Waals surface area contributed by atoms with E-state index in [-0.39, 0.29) is 5.91 Å². The zero-order chi connectivity index (χ0) is 16.9. The predicted molar refractivity (Wildman–Crippen MR) is 91.9 cm³/mol. The molecule has 0 bridgehead atoms. The molecule has 122 valence electrons. The number of amides is 1. The highest BCUT2D eigenvalue weighted by Crippen LogP contribution is 2.19. The largest absolute Gasteiger partial charge is 0.497 e. The highest BCUT2D eigenvalue weighted by atomic mass is 32.2. The summed E-state index contributed by atoms with van der Waals surface area (Å²) in [4.78, 5) is 12.3. The van der Waals surface area contributed by atoms with E-state index in [0.29, 0.717) is 22.2 Å². The van der Waals surface area contributed by atoms with Crippen LogP contribution in [0.5, 0.6) is 5.75 Å². The Morgan fingerprint density at radius 3 is 2.71 bits per heavy atom. The molecule has 0 aliphatic rings. The molecule has 0 radical (unpaired) electrons. The van der Waals surface area contributed by atoms with Gasteiger partial charge < -0.3 is 10.1 Å². The van der Waals surface area contributed by atoms with Crippen LogP contribution in [0, 0.1) is 0 Å². The molecule has 0 aliphatic carbocycles. The molecule has 1 amide bonds. The molecule has 1 aromatic heterocycles. The molecule has 8 heteroatoms. The van der Waals surface area contributed by atoms with Crippen LogP contribution in [-0.2, 0) is 0 Å². The number of ether oxygens (including phenoxy) is 1. The van der Waals surface area contributed by atoms with Gasteiger partial charge in [0, 0.05) is 17.3 Å². The third-order valence-electron chi connectivity index (χ3n) is 3.33. The molecule has 2 aromatic carbocycles. The number of anilines is 1. The van der Waals surface area contributed by atoms with Crippen molar-refractivity contribution in [2.24, 2.45) is 0 Å². The Hall–Kier alpha value is -2.87. The van der Waals surface area contributed by atoms with E-state index in [0.717, 1.165) is 5.69 Å². The molecule has 0 fully saturated rings. The second-order valence-corrected chi connectivity index (χ2v) is 5.58. The number of nitrogens with zero attached hydrogens (tertiary/aromatic N) is 4. The summed E-state index contributed by atoms with van der Waals surface area (Å²) in [5.74, 6) is 0.489. The summed E-state index contributed by atoms with van der Waals surface area (Å²) in [7, 11) is 1.58. The van der Waals surface area contributed by atoms with Gasteiger partial charge in [0.25, 0.3) is 5.91 Å². The number of hydrogen-bond donors (Lipinski definition) is 1. The van der Waals surface area contributed by atoms with Crippen molar-refractivity contribution < 1.29 is 9.53 Å². The lowest BCUT2D eigenvalue weighted by Gasteiger charge is -2.08. The molecule has 0 saturated carbocycles. The molecule has 0 spiro atoms. The maximum atomic E-state index is 12.3. The quantitative estimate of drug-likeness (QED) is 0.719. The zero-order valence-corrected chi connectivity index (χ0v) is 13.9. The number of methoxy groups -OCH3 is 1. The Morgan fingerprint density at radius 2 is 2.00 bits per heavy atom. The third kappa shape index (κ3) is 3.38. The summed E-state index contributed by atoms with van der Waals surface area (Å²) >= 11 is 1.45. The summed E-state index contributed by atoms with van der Waals surface area (Å²) in [6, 6.07) is 14.3. The fourth-order valence-electron chi connectivity index (χ4n) is 2.13. The second-order valence-electron chi connectivity index (χ2n) is 4.81. The standard InChI is InChI=1S/C16H15N5O2S/c1-23-14-5-3-4-12(10-14)17-15(22)11-6-8-13(9-7-11)21-16(24-2)18-19-20-21/h3-10H,1-2H3,(H,17,22). The van der Waals surface area contributed by atoms with Gasteiger partial charge in [-0.25, -0.2) is 0 Å². The highest BCUT2D eigenvalue weighted by molar-refractivity contribution is 7.98. The van der Waals surface area contributed by atoms with Gasteiger partial charge in [-0.3, -0.25) is 4.79 Å². The fraction of sp³-hybridized carbons (Fsp3) is 0.125. The Labute approximate surface area is 143 Å². The van der Waals surface area contributed by atoms with Crippen molar-refractivity contribution in [2.75, 3.05) is 18.7 Å². The molecule has 0 atom stereocenters. The first-order valence-corrected chi connectivity index (χ1v) is 8.32. The third-order valence-corrected chi connectivity index (χ3v) is 3.94. The fourth-order valence-corrected chi connectivity index (χ4v) is 2.56. The normalized spacial score (nSPS) is 10.4. The van der Waals surface area contributed by atoms with Crippen LogP contribution < -0.4 is 10.1 Å². The van der Waals surface area contributed by atoms with Gasteiger partial charge in [0.15, 0.2) is 0 Å². The minimum Gasteiger partial charge on any atom is -0.497 e. The number of rotatable bonds is 5. The van der Waals surface area contributed by atoms with Crippen LogP contribution in [0.1, 0.15) is 10.4 Å². The van der Waals surface area contributed by atoms with Crippen molar-refractivity contribution in [2.45, 2.75) is 5.16 Å². The molecule has 1 heterocycles. The predicted octanol–water partition coefficient (Wildman–Crippen LogP) is 2.65. The number of carbonyl (C=O) groups is 1. The van der Waals surface area contributed by atoms with Crippen molar-refractivity contribution in [1.29, 1.82) is 0 Å². The highest BCUT2D eigenvalue weighted by Gasteiger charge is 2.10. The molecule has 7 nitrogen and oxygen atoms in total. The Kier molecular flexibility index (Phi) is 4.76. The lowest BCUT2D eigenvalue weighted by Crippen LogP contribution is -2.12. The van der Waals surface area contributed by atoms with Crippen molar-refractivity contribution in [3.63, 3.8) is 0 Å². The van der Waals surface area contributed by atoms with E-state index in [1.807, 2.05) is 18.4 Å². The topological polar surface area (TPSA) is 81.9 Å². The molecule has 3 rings (SSSR count). The molecule has 0 aliphatic heterocycles. The summed E-state index contributed by atoms with van der Waals surface area (Å²) in [6.45, 7) is 0. The van der Waals surface area contributed by atoms with Crippen LogP contribution in [-0.4, -0.2) is 39.5 Å². The van der Waals surface area contributed by atoms with Crippen LogP contribution in [0.25, 0.3) is 5.69 Å². The van der Waals surface area contributed by atoms with E-state index in [4.69, 9.17) is 4.74 Å². The van der Waals surface area contributed by atoms with Gasteiger partial charge in [0.1, 0.15) is 5.75 Å². The summed E-state index contributed by atoms with van der Waals surface area (Å²) in [5, 5.41) is 15.0. The van der Waals surface area contributed by atoms with Crippen LogP contribution in [0.2, 0.25) is 0 Å². The van der Waals surface area contributed by atoms with Gasteiger partial charge in [0.2, 0.25) is 5.16 Å². The van der Waals surface area contributed by atoms with E-state index in [9.17, 15) is 4.79 Å². The molecule has 3 aromatic rings. The molecule has 0 saturated heterocycles. The SMILES string of the molecule is COc1cccc(NC(=O)c2ccc(-n3nnnc3SC)cc2)c1. The van der Waals surface area contributed by atoms with E-state index >= 15 is 0 Å². The van der Waals surface area contributed by atoms with Crippen molar-refractivity contribution in [1.82, 2.24) is 20.2 Å². The average molecular weight is 341 g/mol. The van der Waals surface area contributed by atoms with Crippen LogP contribution in [0.3, 0.4) is 0 Å². The van der Waals surface area contributed by atoms with E-state index in [1.54, 1.807) is 48.2 Å². The minimum absolute atomic E-state index is 0.198. The second kappa shape index (κ2) is 7.14. The number of nitrogens with one attached hydrogen (secondary N) is 1. The average Bonchev–Trinajstić information content (AvgIpc) is 3.10. The van der Waals surface area contributed by atoms with Gasteiger partial charge in [-0.15, -0.1) is 5.10 Å². The number of tetrazole rings is 1. The first-order valence-electron chi connectivity index (χ1n) is 7.09. The molecule has 1 N–H and O–H groups in total. The summed E-state index contributed by atoms with van der Waals surface area (Å²) < 4.78 is 6.77. The van der Waals surface area contributed by atoms with Gasteiger partial charge >= 0.3 is 0 Å². The number of hydrogen-bond acceptors (Lipinski definition) is 6.